The molecule has 0 amide bonds. The van der Waals surface area contributed by atoms with Crippen molar-refractivity contribution < 1.29 is 4.74 Å². The zero-order valence-corrected chi connectivity index (χ0v) is 13.2. The molecule has 2 N–H and O–H groups in total. The van der Waals surface area contributed by atoms with Gasteiger partial charge in [0.2, 0.25) is 0 Å². The normalized spacial score (nSPS) is 12.9. The molecular weight excluding hydrogens is 329 g/mol. The van der Waals surface area contributed by atoms with Gasteiger partial charge in [0.05, 0.1) is 44.8 Å². The highest BCUT2D eigenvalue weighted by Gasteiger charge is 2.22. The Balaban J connectivity index is 2.35. The molecule has 4 nitrogen and oxygen atoms in total. The number of aromatic nitrogens is 2. The Morgan fingerprint density at radius 2 is 2.21 bits per heavy atom. The van der Waals surface area contributed by atoms with Gasteiger partial charge in [0.1, 0.15) is 0 Å². The SMILES string of the molecule is COCCn1ncc(Cl)c1C(N)c1cc(Cl)sc1Cl. The fraction of sp³-hybridized carbons (Fsp3) is 0.364. The summed E-state index contributed by atoms with van der Waals surface area (Å²) in [6.07, 6.45) is 1.56. The number of hydrogen-bond acceptors (Lipinski definition) is 4. The summed E-state index contributed by atoms with van der Waals surface area (Å²) in [6.45, 7) is 1.09. The summed E-state index contributed by atoms with van der Waals surface area (Å²) in [5, 5.41) is 4.69. The Kier molecular flexibility index (Phi) is 5.11. The molecule has 2 aromatic rings. The van der Waals surface area contributed by atoms with Crippen LogP contribution in [0.3, 0.4) is 0 Å². The summed E-state index contributed by atoms with van der Waals surface area (Å²) < 4.78 is 7.91. The van der Waals surface area contributed by atoms with E-state index < -0.39 is 6.04 Å². The van der Waals surface area contributed by atoms with Gasteiger partial charge in [-0.2, -0.15) is 5.10 Å². The molecule has 1 unspecified atom stereocenters. The fourth-order valence-electron chi connectivity index (χ4n) is 1.75. The predicted molar refractivity (Wildman–Crippen MR) is 79.5 cm³/mol. The van der Waals surface area contributed by atoms with Crippen molar-refractivity contribution in [3.05, 3.63) is 37.2 Å². The van der Waals surface area contributed by atoms with Crippen molar-refractivity contribution in [2.45, 2.75) is 12.6 Å². The maximum absolute atomic E-state index is 6.23. The van der Waals surface area contributed by atoms with Gasteiger partial charge in [0.15, 0.2) is 0 Å². The van der Waals surface area contributed by atoms with Gasteiger partial charge in [-0.1, -0.05) is 34.8 Å². The van der Waals surface area contributed by atoms with Crippen molar-refractivity contribution in [2.24, 2.45) is 5.73 Å². The van der Waals surface area contributed by atoms with Crippen molar-refractivity contribution >= 4 is 46.1 Å². The van der Waals surface area contributed by atoms with Crippen LogP contribution in [-0.2, 0) is 11.3 Å². The number of thiophene rings is 1. The first-order chi connectivity index (χ1) is 9.04. The van der Waals surface area contributed by atoms with Crippen LogP contribution in [0.4, 0.5) is 0 Å². The van der Waals surface area contributed by atoms with Crippen molar-refractivity contribution in [1.82, 2.24) is 9.78 Å². The average Bonchev–Trinajstić information content (AvgIpc) is 2.89. The second-order valence-electron chi connectivity index (χ2n) is 3.85. The summed E-state index contributed by atoms with van der Waals surface area (Å²) in [7, 11) is 1.63. The molecule has 19 heavy (non-hydrogen) atoms. The molecule has 2 aromatic heterocycles. The zero-order valence-electron chi connectivity index (χ0n) is 10.1. The minimum absolute atomic E-state index is 0.469. The highest BCUT2D eigenvalue weighted by atomic mass is 35.5. The molecule has 0 aromatic carbocycles. The lowest BCUT2D eigenvalue weighted by atomic mass is 10.1. The molecule has 8 heteroatoms. The first kappa shape index (κ1) is 15.1. The quantitative estimate of drug-likeness (QED) is 0.905. The van der Waals surface area contributed by atoms with Crippen LogP contribution in [0.25, 0.3) is 0 Å². The van der Waals surface area contributed by atoms with E-state index in [0.717, 1.165) is 5.56 Å². The molecule has 0 spiro atoms. The van der Waals surface area contributed by atoms with E-state index in [1.165, 1.54) is 11.3 Å². The van der Waals surface area contributed by atoms with Crippen molar-refractivity contribution in [3.63, 3.8) is 0 Å². The maximum Gasteiger partial charge on any atom is 0.0995 e. The van der Waals surface area contributed by atoms with Crippen molar-refractivity contribution in [2.75, 3.05) is 13.7 Å². The lowest BCUT2D eigenvalue weighted by molar-refractivity contribution is 0.182. The number of rotatable bonds is 5. The number of ether oxygens (including phenoxy) is 1. The largest absolute Gasteiger partial charge is 0.383 e. The number of methoxy groups -OCH3 is 1. The van der Waals surface area contributed by atoms with Crippen LogP contribution in [0.2, 0.25) is 13.7 Å². The van der Waals surface area contributed by atoms with E-state index in [-0.39, 0.29) is 0 Å². The van der Waals surface area contributed by atoms with Gasteiger partial charge in [-0.3, -0.25) is 4.68 Å². The van der Waals surface area contributed by atoms with Crippen LogP contribution in [0.1, 0.15) is 17.3 Å². The second-order valence-corrected chi connectivity index (χ2v) is 6.54. The molecular formula is C11H12Cl3N3OS. The predicted octanol–water partition coefficient (Wildman–Crippen LogP) is 3.60. The Morgan fingerprint density at radius 1 is 1.47 bits per heavy atom. The summed E-state index contributed by atoms with van der Waals surface area (Å²) in [6, 6.07) is 1.28. The van der Waals surface area contributed by atoms with Gasteiger partial charge in [-0.05, 0) is 6.07 Å². The van der Waals surface area contributed by atoms with E-state index in [4.69, 9.17) is 45.3 Å². The number of hydrogen-bond donors (Lipinski definition) is 1. The molecule has 0 bridgehead atoms. The molecule has 0 aliphatic heterocycles. The molecule has 2 heterocycles. The van der Waals surface area contributed by atoms with Gasteiger partial charge in [0, 0.05) is 12.7 Å². The van der Waals surface area contributed by atoms with Crippen LogP contribution in [-0.4, -0.2) is 23.5 Å². The minimum atomic E-state index is -0.469. The van der Waals surface area contributed by atoms with Crippen LogP contribution < -0.4 is 5.73 Å². The molecule has 1 atom stereocenters. The summed E-state index contributed by atoms with van der Waals surface area (Å²) in [5.74, 6) is 0. The fourth-order valence-corrected chi connectivity index (χ4v) is 3.56. The maximum atomic E-state index is 6.23. The lowest BCUT2D eigenvalue weighted by Gasteiger charge is -2.14. The molecule has 0 saturated heterocycles. The van der Waals surface area contributed by atoms with Crippen LogP contribution in [0, 0.1) is 0 Å². The zero-order chi connectivity index (χ0) is 14.0. The standard InChI is InChI=1S/C11H12Cl3N3OS/c1-18-3-2-17-10(7(12)5-16-17)9(15)6-4-8(13)19-11(6)14/h4-5,9H,2-3,15H2,1H3. The number of nitrogens with two attached hydrogens (primary N) is 1. The third-order valence-electron chi connectivity index (χ3n) is 2.65. The van der Waals surface area contributed by atoms with Crippen LogP contribution >= 0.6 is 46.1 Å². The third-order valence-corrected chi connectivity index (χ3v) is 4.46. The molecule has 0 aliphatic rings. The van der Waals surface area contributed by atoms with E-state index in [2.05, 4.69) is 5.10 Å². The summed E-state index contributed by atoms with van der Waals surface area (Å²) in [5.41, 5.74) is 7.68. The first-order valence-corrected chi connectivity index (χ1v) is 7.40. The lowest BCUT2D eigenvalue weighted by Crippen LogP contribution is -2.19. The smallest absolute Gasteiger partial charge is 0.0995 e. The van der Waals surface area contributed by atoms with E-state index in [1.54, 1.807) is 24.1 Å². The molecule has 2 rings (SSSR count). The second kappa shape index (κ2) is 6.43. The van der Waals surface area contributed by atoms with E-state index >= 15 is 0 Å². The van der Waals surface area contributed by atoms with E-state index in [9.17, 15) is 0 Å². The number of halogens is 3. The van der Waals surface area contributed by atoms with Gasteiger partial charge in [-0.15, -0.1) is 11.3 Å². The summed E-state index contributed by atoms with van der Waals surface area (Å²) in [4.78, 5) is 0. The first-order valence-electron chi connectivity index (χ1n) is 5.45. The van der Waals surface area contributed by atoms with Crippen LogP contribution in [0.5, 0.6) is 0 Å². The third kappa shape index (κ3) is 3.24. The van der Waals surface area contributed by atoms with Gasteiger partial charge in [0.25, 0.3) is 0 Å². The Morgan fingerprint density at radius 3 is 2.79 bits per heavy atom. The molecule has 104 valence electrons. The van der Waals surface area contributed by atoms with Crippen LogP contribution in [0.15, 0.2) is 12.3 Å². The topological polar surface area (TPSA) is 53.1 Å². The Hall–Kier alpha value is -0.300. The van der Waals surface area contributed by atoms with Crippen molar-refractivity contribution in [3.8, 4) is 0 Å². The highest BCUT2D eigenvalue weighted by molar-refractivity contribution is 7.20. The molecule has 0 aliphatic carbocycles. The van der Waals surface area contributed by atoms with Gasteiger partial charge in [-0.25, -0.2) is 0 Å². The average molecular weight is 341 g/mol. The number of nitrogens with zero attached hydrogens (tertiary/aromatic N) is 2. The van der Waals surface area contributed by atoms with Gasteiger partial charge >= 0.3 is 0 Å². The Bertz CT molecular complexity index is 570. The van der Waals surface area contributed by atoms with E-state index in [1.807, 2.05) is 0 Å². The highest BCUT2D eigenvalue weighted by Crippen LogP contribution is 2.37. The minimum Gasteiger partial charge on any atom is -0.383 e. The Labute approximate surface area is 130 Å². The molecule has 0 radical (unpaired) electrons. The van der Waals surface area contributed by atoms with E-state index in [0.29, 0.717) is 32.5 Å². The van der Waals surface area contributed by atoms with Gasteiger partial charge < -0.3 is 10.5 Å². The summed E-state index contributed by atoms with van der Waals surface area (Å²) >= 11 is 19.5. The monoisotopic (exact) mass is 339 g/mol. The molecule has 0 saturated carbocycles. The molecule has 0 fully saturated rings. The van der Waals surface area contributed by atoms with Crippen molar-refractivity contribution in [1.29, 1.82) is 0 Å².